The van der Waals surface area contributed by atoms with E-state index in [1.807, 2.05) is 0 Å². The third-order valence-corrected chi connectivity index (χ3v) is 8.95. The summed E-state index contributed by atoms with van der Waals surface area (Å²) in [5.74, 6) is -2.16. The van der Waals surface area contributed by atoms with Crippen LogP contribution < -0.4 is 0 Å². The lowest BCUT2D eigenvalue weighted by molar-refractivity contribution is -0.384. The molecular weight excluding hydrogens is 526 g/mol. The summed E-state index contributed by atoms with van der Waals surface area (Å²) in [5.41, 5.74) is 0.261. The number of methoxy groups -OCH3 is 1. The Morgan fingerprint density at radius 2 is 1.64 bits per heavy atom. The maximum atomic E-state index is 13.1. The van der Waals surface area contributed by atoms with Gasteiger partial charge < -0.3 is 14.7 Å². The number of nitro benzene ring substituents is 1. The van der Waals surface area contributed by atoms with Crippen LogP contribution in [-0.4, -0.2) is 72.7 Å². The van der Waals surface area contributed by atoms with Crippen LogP contribution in [0.25, 0.3) is 5.76 Å². The number of hydrogen-bond donors (Lipinski definition) is 1. The summed E-state index contributed by atoms with van der Waals surface area (Å²) in [6, 6.07) is 10.0. The molecule has 0 bridgehead atoms. The van der Waals surface area contributed by atoms with Gasteiger partial charge in [-0.3, -0.25) is 19.7 Å². The molecule has 12 heteroatoms. The number of ether oxygens (including phenoxy) is 1. The van der Waals surface area contributed by atoms with Crippen LogP contribution in [0.2, 0.25) is 0 Å². The topological polar surface area (TPSA) is 147 Å². The first-order valence-electron chi connectivity index (χ1n) is 12.8. The van der Waals surface area contributed by atoms with E-state index in [9.17, 15) is 33.2 Å². The van der Waals surface area contributed by atoms with Crippen molar-refractivity contribution in [1.29, 1.82) is 0 Å². The molecule has 39 heavy (non-hydrogen) atoms. The number of sulfonamides is 1. The molecule has 0 aliphatic carbocycles. The van der Waals surface area contributed by atoms with E-state index in [-0.39, 0.29) is 28.3 Å². The predicted molar refractivity (Wildman–Crippen MR) is 142 cm³/mol. The van der Waals surface area contributed by atoms with Crippen LogP contribution in [0.1, 0.15) is 49.3 Å². The summed E-state index contributed by atoms with van der Waals surface area (Å²) >= 11 is 0. The van der Waals surface area contributed by atoms with E-state index in [4.69, 9.17) is 4.74 Å². The number of ketones is 1. The molecule has 208 valence electrons. The lowest BCUT2D eigenvalue weighted by atomic mass is 9.95. The largest absolute Gasteiger partial charge is 0.507 e. The molecule has 1 N–H and O–H groups in total. The van der Waals surface area contributed by atoms with Crippen molar-refractivity contribution in [1.82, 2.24) is 9.21 Å². The van der Waals surface area contributed by atoms with Gasteiger partial charge in [-0.05, 0) is 61.2 Å². The number of Topliss-reactive ketones (excluding diaryl/α,β-unsaturated/α-hetero) is 1. The molecule has 1 amide bonds. The maximum Gasteiger partial charge on any atom is 0.295 e. The summed E-state index contributed by atoms with van der Waals surface area (Å²) in [7, 11) is -2.20. The molecule has 2 aliphatic heterocycles. The number of non-ortho nitro benzene ring substituents is 1. The van der Waals surface area contributed by atoms with Gasteiger partial charge in [-0.2, -0.15) is 4.31 Å². The zero-order valence-electron chi connectivity index (χ0n) is 21.6. The average molecular weight is 558 g/mol. The number of carbonyl (C=O) groups excluding carboxylic acids is 2. The van der Waals surface area contributed by atoms with E-state index in [2.05, 4.69) is 0 Å². The molecule has 2 fully saturated rings. The molecule has 2 saturated heterocycles. The van der Waals surface area contributed by atoms with Gasteiger partial charge in [0, 0.05) is 51.0 Å². The molecule has 0 aromatic heterocycles. The second kappa shape index (κ2) is 12.1. The van der Waals surface area contributed by atoms with Crippen molar-refractivity contribution < 1.29 is 32.8 Å². The Morgan fingerprint density at radius 3 is 2.21 bits per heavy atom. The highest BCUT2D eigenvalue weighted by Crippen LogP contribution is 2.40. The number of aliphatic hydroxyl groups excluding tert-OH is 1. The molecule has 2 aromatic carbocycles. The number of benzene rings is 2. The van der Waals surface area contributed by atoms with E-state index in [1.165, 1.54) is 64.8 Å². The Kier molecular flexibility index (Phi) is 8.78. The number of hydrogen-bond acceptors (Lipinski definition) is 8. The molecule has 1 unspecified atom stereocenters. The number of nitrogens with zero attached hydrogens (tertiary/aromatic N) is 3. The van der Waals surface area contributed by atoms with Crippen molar-refractivity contribution in [2.24, 2.45) is 0 Å². The highest BCUT2D eigenvalue weighted by Gasteiger charge is 2.46. The molecule has 0 radical (unpaired) electrons. The second-order valence-electron chi connectivity index (χ2n) is 9.53. The Balaban J connectivity index is 1.72. The molecule has 1 atom stereocenters. The third kappa shape index (κ3) is 5.87. The molecular formula is C27H31N3O8S. The number of likely N-dealkylation sites (tertiary alicyclic amines) is 1. The van der Waals surface area contributed by atoms with Gasteiger partial charge in [0.1, 0.15) is 5.76 Å². The van der Waals surface area contributed by atoms with Crippen molar-refractivity contribution >= 4 is 33.2 Å². The Bertz CT molecular complexity index is 1360. The van der Waals surface area contributed by atoms with E-state index in [0.29, 0.717) is 31.7 Å². The van der Waals surface area contributed by atoms with Gasteiger partial charge in [0.15, 0.2) is 0 Å². The molecule has 2 aliphatic rings. The Labute approximate surface area is 226 Å². The summed E-state index contributed by atoms with van der Waals surface area (Å²) in [4.78, 5) is 38.1. The zero-order chi connectivity index (χ0) is 28.2. The van der Waals surface area contributed by atoms with E-state index in [0.717, 1.165) is 25.7 Å². The predicted octanol–water partition coefficient (Wildman–Crippen LogP) is 3.62. The van der Waals surface area contributed by atoms with Gasteiger partial charge in [0.25, 0.3) is 17.4 Å². The lowest BCUT2D eigenvalue weighted by Gasteiger charge is -2.25. The molecule has 11 nitrogen and oxygen atoms in total. The number of rotatable bonds is 9. The van der Waals surface area contributed by atoms with Crippen molar-refractivity contribution in [3.05, 3.63) is 75.3 Å². The van der Waals surface area contributed by atoms with Crippen LogP contribution in [0.3, 0.4) is 0 Å². The van der Waals surface area contributed by atoms with Crippen LogP contribution in [-0.2, 0) is 24.3 Å². The monoisotopic (exact) mass is 557 g/mol. The third-order valence-electron chi connectivity index (χ3n) is 7.04. The van der Waals surface area contributed by atoms with Gasteiger partial charge >= 0.3 is 0 Å². The van der Waals surface area contributed by atoms with Crippen molar-refractivity contribution in [3.8, 4) is 0 Å². The summed E-state index contributed by atoms with van der Waals surface area (Å²) in [6.07, 6.45) is 3.99. The average Bonchev–Trinajstić information content (AvgIpc) is 3.11. The number of carbonyl (C=O) groups is 2. The fourth-order valence-electron chi connectivity index (χ4n) is 4.99. The lowest BCUT2D eigenvalue weighted by Crippen LogP contribution is -2.31. The first-order chi connectivity index (χ1) is 18.7. The van der Waals surface area contributed by atoms with Gasteiger partial charge in [0.05, 0.1) is 21.4 Å². The van der Waals surface area contributed by atoms with E-state index in [1.54, 1.807) is 0 Å². The molecule has 4 rings (SSSR count). The standard InChI is InChI=1S/C27H31N3O8S/c1-38-18-6-17-29-24(19-7-11-21(12-8-19)30(34)35)23(26(32)27(29)33)25(31)20-9-13-22(14-10-20)39(36,37)28-15-4-2-3-5-16-28/h7-14,24,31H,2-6,15-18H2,1H3. The number of amides is 1. The highest BCUT2D eigenvalue weighted by molar-refractivity contribution is 7.89. The summed E-state index contributed by atoms with van der Waals surface area (Å²) < 4.78 is 32.8. The molecule has 2 heterocycles. The minimum Gasteiger partial charge on any atom is -0.507 e. The first kappa shape index (κ1) is 28.4. The van der Waals surface area contributed by atoms with Crippen LogP contribution >= 0.6 is 0 Å². The fraction of sp³-hybridized carbons (Fsp3) is 0.407. The van der Waals surface area contributed by atoms with Crippen molar-refractivity contribution in [2.45, 2.75) is 43.0 Å². The van der Waals surface area contributed by atoms with Gasteiger partial charge in [0.2, 0.25) is 10.0 Å². The molecule has 2 aromatic rings. The highest BCUT2D eigenvalue weighted by atomic mass is 32.2. The second-order valence-corrected chi connectivity index (χ2v) is 11.5. The van der Waals surface area contributed by atoms with Gasteiger partial charge in [-0.1, -0.05) is 12.8 Å². The SMILES string of the molecule is COCCCN1C(=O)C(=O)C(=C(O)c2ccc(S(=O)(=O)N3CCCCCC3)cc2)C1c1ccc([N+](=O)[O-])cc1. The zero-order valence-corrected chi connectivity index (χ0v) is 22.4. The molecule has 0 spiro atoms. The summed E-state index contributed by atoms with van der Waals surface area (Å²) in [6.45, 7) is 1.39. The van der Waals surface area contributed by atoms with E-state index >= 15 is 0 Å². The Hall–Kier alpha value is -3.61. The normalized spacial score (nSPS) is 20.2. The van der Waals surface area contributed by atoms with Gasteiger partial charge in [-0.15, -0.1) is 0 Å². The minimum atomic E-state index is -3.71. The summed E-state index contributed by atoms with van der Waals surface area (Å²) in [5, 5.41) is 22.4. The number of aliphatic hydroxyl groups is 1. The maximum absolute atomic E-state index is 13.1. The number of nitro groups is 1. The van der Waals surface area contributed by atoms with Crippen LogP contribution in [0, 0.1) is 10.1 Å². The fourth-order valence-corrected chi connectivity index (χ4v) is 6.50. The van der Waals surface area contributed by atoms with Crippen molar-refractivity contribution in [3.63, 3.8) is 0 Å². The van der Waals surface area contributed by atoms with Crippen LogP contribution in [0.5, 0.6) is 0 Å². The van der Waals surface area contributed by atoms with Crippen LogP contribution in [0.15, 0.2) is 59.0 Å². The first-order valence-corrected chi connectivity index (χ1v) is 14.2. The smallest absolute Gasteiger partial charge is 0.295 e. The molecule has 0 saturated carbocycles. The minimum absolute atomic E-state index is 0.0767. The Morgan fingerprint density at radius 1 is 1.03 bits per heavy atom. The van der Waals surface area contributed by atoms with E-state index < -0.39 is 38.4 Å². The van der Waals surface area contributed by atoms with Gasteiger partial charge in [-0.25, -0.2) is 8.42 Å². The van der Waals surface area contributed by atoms with Crippen LogP contribution in [0.4, 0.5) is 5.69 Å². The quantitative estimate of drug-likeness (QED) is 0.123. The van der Waals surface area contributed by atoms with Crippen molar-refractivity contribution in [2.75, 3.05) is 33.4 Å².